The van der Waals surface area contributed by atoms with Crippen LogP contribution in [0, 0.1) is 5.92 Å². The number of aromatic nitrogens is 2. The van der Waals surface area contributed by atoms with E-state index in [1.165, 1.54) is 12.1 Å². The summed E-state index contributed by atoms with van der Waals surface area (Å²) in [5.74, 6) is 0.765. The van der Waals surface area contributed by atoms with Crippen molar-refractivity contribution in [2.45, 2.75) is 32.9 Å². The van der Waals surface area contributed by atoms with Crippen LogP contribution in [-0.2, 0) is 19.5 Å². The Morgan fingerprint density at radius 2 is 2.46 bits per heavy atom. The Labute approximate surface area is 86.5 Å². The fourth-order valence-corrected chi connectivity index (χ4v) is 2.51. The minimum absolute atomic E-state index is 0.549. The number of imidazole rings is 1. The van der Waals surface area contributed by atoms with Crippen LogP contribution in [0.4, 0.5) is 0 Å². The van der Waals surface area contributed by atoms with Gasteiger partial charge < -0.3 is 10.3 Å². The van der Waals surface area contributed by atoms with E-state index < -0.39 is 0 Å². The molecule has 0 aromatic carbocycles. The van der Waals surface area contributed by atoms with Gasteiger partial charge in [0.25, 0.3) is 0 Å². The van der Waals surface area contributed by atoms with E-state index in [0.29, 0.717) is 6.54 Å². The van der Waals surface area contributed by atoms with E-state index in [2.05, 4.69) is 32.4 Å². The quantitative estimate of drug-likeness (QED) is 0.816. The molecule has 0 spiro atoms. The van der Waals surface area contributed by atoms with Crippen molar-refractivity contribution in [2.75, 3.05) is 0 Å². The van der Waals surface area contributed by atoms with E-state index in [1.807, 2.05) is 0 Å². The van der Waals surface area contributed by atoms with Gasteiger partial charge >= 0.3 is 0 Å². The fourth-order valence-electron chi connectivity index (χ4n) is 1.90. The fraction of sp³-hybridized carbons (Fsp3) is 0.667. The lowest BCUT2D eigenvalue weighted by atomic mass is 9.97. The summed E-state index contributed by atoms with van der Waals surface area (Å²) in [4.78, 5) is 4.40. The van der Waals surface area contributed by atoms with Gasteiger partial charge in [0.1, 0.15) is 0 Å². The van der Waals surface area contributed by atoms with Crippen molar-refractivity contribution in [2.24, 2.45) is 11.7 Å². The Balaban J connectivity index is 2.43. The molecule has 72 valence electrons. The maximum Gasteiger partial charge on any atom is 0.177 e. The molecule has 2 N–H and O–H groups in total. The summed E-state index contributed by atoms with van der Waals surface area (Å²) in [6, 6.07) is 0. The van der Waals surface area contributed by atoms with Gasteiger partial charge in [-0.15, -0.1) is 0 Å². The molecule has 0 saturated heterocycles. The third-order valence-electron chi connectivity index (χ3n) is 2.69. The third kappa shape index (κ3) is 1.53. The van der Waals surface area contributed by atoms with Crippen LogP contribution < -0.4 is 5.73 Å². The number of hydrogen-bond donors (Lipinski definition) is 1. The molecule has 2 heterocycles. The van der Waals surface area contributed by atoms with Crippen LogP contribution in [0.25, 0.3) is 0 Å². The van der Waals surface area contributed by atoms with Gasteiger partial charge in [0.15, 0.2) is 4.73 Å². The molecule has 1 aromatic rings. The molecule has 1 aliphatic heterocycles. The van der Waals surface area contributed by atoms with Crippen LogP contribution in [0.2, 0.25) is 0 Å². The number of rotatable bonds is 1. The smallest absolute Gasteiger partial charge is 0.177 e. The molecule has 4 heteroatoms. The first-order valence-electron chi connectivity index (χ1n) is 4.66. The van der Waals surface area contributed by atoms with Crippen LogP contribution >= 0.6 is 15.9 Å². The number of hydrogen-bond acceptors (Lipinski definition) is 2. The largest absolute Gasteiger partial charge is 0.325 e. The molecular formula is C9H14BrN3. The van der Waals surface area contributed by atoms with Gasteiger partial charge in [-0.1, -0.05) is 6.92 Å². The zero-order valence-electron chi connectivity index (χ0n) is 7.76. The van der Waals surface area contributed by atoms with E-state index in [-0.39, 0.29) is 0 Å². The Morgan fingerprint density at radius 1 is 1.69 bits per heavy atom. The van der Waals surface area contributed by atoms with Gasteiger partial charge in [-0.05, 0) is 34.7 Å². The van der Waals surface area contributed by atoms with Crippen molar-refractivity contribution in [1.29, 1.82) is 0 Å². The Kier molecular flexibility index (Phi) is 2.43. The predicted molar refractivity (Wildman–Crippen MR) is 55.3 cm³/mol. The average Bonchev–Trinajstić information content (AvgIpc) is 2.42. The maximum atomic E-state index is 5.64. The highest BCUT2D eigenvalue weighted by Gasteiger charge is 2.21. The predicted octanol–water partition coefficient (Wildman–Crippen LogP) is 1.69. The highest BCUT2D eigenvalue weighted by Crippen LogP contribution is 2.26. The second kappa shape index (κ2) is 3.42. The van der Waals surface area contributed by atoms with Crippen molar-refractivity contribution in [3.8, 4) is 0 Å². The van der Waals surface area contributed by atoms with Crippen LogP contribution in [0.15, 0.2) is 4.73 Å². The molecule has 1 atom stereocenters. The molecule has 0 amide bonds. The van der Waals surface area contributed by atoms with Gasteiger partial charge in [-0.25, -0.2) is 4.98 Å². The van der Waals surface area contributed by atoms with E-state index >= 15 is 0 Å². The molecule has 3 nitrogen and oxygen atoms in total. The summed E-state index contributed by atoms with van der Waals surface area (Å²) in [5.41, 5.74) is 8.02. The Hall–Kier alpha value is -0.350. The summed E-state index contributed by atoms with van der Waals surface area (Å²) >= 11 is 3.46. The highest BCUT2D eigenvalue weighted by atomic mass is 79.9. The number of fused-ring (bicyclic) bond motifs is 1. The molecule has 1 unspecified atom stereocenters. The molecule has 0 fully saturated rings. The summed E-state index contributed by atoms with van der Waals surface area (Å²) in [6.45, 7) is 3.91. The Bertz CT molecular complexity index is 319. The van der Waals surface area contributed by atoms with Gasteiger partial charge in [0.2, 0.25) is 0 Å². The van der Waals surface area contributed by atoms with Crippen molar-refractivity contribution in [1.82, 2.24) is 9.55 Å². The van der Waals surface area contributed by atoms with E-state index in [1.54, 1.807) is 0 Å². The maximum absolute atomic E-state index is 5.64. The van der Waals surface area contributed by atoms with Crippen molar-refractivity contribution >= 4 is 15.9 Å². The molecular weight excluding hydrogens is 230 g/mol. The highest BCUT2D eigenvalue weighted by molar-refractivity contribution is 9.10. The summed E-state index contributed by atoms with van der Waals surface area (Å²) in [6.07, 6.45) is 2.36. The second-order valence-electron chi connectivity index (χ2n) is 3.73. The van der Waals surface area contributed by atoms with Gasteiger partial charge in [-0.3, -0.25) is 0 Å². The monoisotopic (exact) mass is 243 g/mol. The van der Waals surface area contributed by atoms with Crippen LogP contribution in [0.3, 0.4) is 0 Å². The standard InChI is InChI=1S/C9H14BrN3/c1-6-2-3-13-8(4-6)7(5-11)12-9(13)10/h6H,2-5,11H2,1H3. The lowest BCUT2D eigenvalue weighted by Gasteiger charge is -2.21. The SMILES string of the molecule is CC1CCn2c(Br)nc(CN)c2C1. The zero-order chi connectivity index (χ0) is 9.42. The van der Waals surface area contributed by atoms with Crippen molar-refractivity contribution < 1.29 is 0 Å². The molecule has 0 radical (unpaired) electrons. The van der Waals surface area contributed by atoms with Crippen molar-refractivity contribution in [3.63, 3.8) is 0 Å². The topological polar surface area (TPSA) is 43.8 Å². The summed E-state index contributed by atoms with van der Waals surface area (Å²) in [5, 5.41) is 0. The number of nitrogens with two attached hydrogens (primary N) is 1. The van der Waals surface area contributed by atoms with Crippen LogP contribution in [-0.4, -0.2) is 9.55 Å². The number of halogens is 1. The molecule has 2 rings (SSSR count). The molecule has 0 aliphatic carbocycles. The second-order valence-corrected chi connectivity index (χ2v) is 4.44. The first kappa shape index (κ1) is 9.21. The third-order valence-corrected chi connectivity index (χ3v) is 3.29. The normalized spacial score (nSPS) is 21.6. The first-order chi connectivity index (χ1) is 6.22. The molecule has 13 heavy (non-hydrogen) atoms. The average molecular weight is 244 g/mol. The van der Waals surface area contributed by atoms with Gasteiger partial charge in [-0.2, -0.15) is 0 Å². The molecule has 0 bridgehead atoms. The zero-order valence-corrected chi connectivity index (χ0v) is 9.34. The summed E-state index contributed by atoms with van der Waals surface area (Å²) in [7, 11) is 0. The Morgan fingerprint density at radius 3 is 3.15 bits per heavy atom. The van der Waals surface area contributed by atoms with Crippen LogP contribution in [0.5, 0.6) is 0 Å². The minimum atomic E-state index is 0.549. The minimum Gasteiger partial charge on any atom is -0.325 e. The van der Waals surface area contributed by atoms with Crippen molar-refractivity contribution in [3.05, 3.63) is 16.1 Å². The summed E-state index contributed by atoms with van der Waals surface area (Å²) < 4.78 is 3.18. The van der Waals surface area contributed by atoms with Gasteiger partial charge in [0, 0.05) is 18.8 Å². The molecule has 0 saturated carbocycles. The van der Waals surface area contributed by atoms with Gasteiger partial charge in [0.05, 0.1) is 5.69 Å². The number of nitrogens with zero attached hydrogens (tertiary/aromatic N) is 2. The molecule has 1 aliphatic rings. The first-order valence-corrected chi connectivity index (χ1v) is 5.45. The lowest BCUT2D eigenvalue weighted by molar-refractivity contribution is 0.411. The van der Waals surface area contributed by atoms with E-state index in [4.69, 9.17) is 5.73 Å². The van der Waals surface area contributed by atoms with Crippen LogP contribution in [0.1, 0.15) is 24.7 Å². The van der Waals surface area contributed by atoms with E-state index in [9.17, 15) is 0 Å². The van der Waals surface area contributed by atoms with E-state index in [0.717, 1.165) is 29.3 Å². The lowest BCUT2D eigenvalue weighted by Crippen LogP contribution is -2.18. The molecule has 1 aromatic heterocycles.